The molecule has 6 nitrogen and oxygen atoms in total. The molecule has 0 unspecified atom stereocenters. The number of hydrogen-bond donors (Lipinski definition) is 2. The lowest BCUT2D eigenvalue weighted by atomic mass is 10.1. The van der Waals surface area contributed by atoms with E-state index in [2.05, 4.69) is 5.32 Å². The van der Waals surface area contributed by atoms with Gasteiger partial charge in [0.05, 0.1) is 6.10 Å². The van der Waals surface area contributed by atoms with Gasteiger partial charge in [-0.2, -0.15) is 0 Å². The van der Waals surface area contributed by atoms with Gasteiger partial charge >= 0.3 is 12.0 Å². The van der Waals surface area contributed by atoms with Crippen LogP contribution in [0.5, 0.6) is 0 Å². The SMILES string of the molecule is CC[C@H](NC(=O)N1CCC(OC)CC1)C(=O)O. The van der Waals surface area contributed by atoms with Gasteiger partial charge in [0.15, 0.2) is 0 Å². The van der Waals surface area contributed by atoms with E-state index < -0.39 is 12.0 Å². The van der Waals surface area contributed by atoms with E-state index in [1.54, 1.807) is 18.9 Å². The third-order valence-electron chi connectivity index (χ3n) is 3.07. The summed E-state index contributed by atoms with van der Waals surface area (Å²) in [7, 11) is 1.66. The Labute approximate surface area is 101 Å². The van der Waals surface area contributed by atoms with Crippen molar-refractivity contribution >= 4 is 12.0 Å². The van der Waals surface area contributed by atoms with E-state index in [0.29, 0.717) is 19.5 Å². The van der Waals surface area contributed by atoms with Crippen LogP contribution in [0.15, 0.2) is 0 Å². The Morgan fingerprint density at radius 3 is 2.47 bits per heavy atom. The van der Waals surface area contributed by atoms with Gasteiger partial charge in [-0.05, 0) is 19.3 Å². The number of likely N-dealkylation sites (tertiary alicyclic amines) is 1. The largest absolute Gasteiger partial charge is 0.480 e. The van der Waals surface area contributed by atoms with Gasteiger partial charge in [-0.1, -0.05) is 6.92 Å². The second kappa shape index (κ2) is 6.44. The lowest BCUT2D eigenvalue weighted by molar-refractivity contribution is -0.139. The number of hydrogen-bond acceptors (Lipinski definition) is 3. The van der Waals surface area contributed by atoms with Crippen LogP contribution in [-0.2, 0) is 9.53 Å². The van der Waals surface area contributed by atoms with Gasteiger partial charge in [-0.3, -0.25) is 0 Å². The Bertz CT molecular complexity index is 275. The van der Waals surface area contributed by atoms with Crippen LogP contribution in [-0.4, -0.2) is 54.4 Å². The van der Waals surface area contributed by atoms with Crippen molar-refractivity contribution in [3.63, 3.8) is 0 Å². The fourth-order valence-electron chi connectivity index (χ4n) is 1.87. The van der Waals surface area contributed by atoms with Gasteiger partial charge in [-0.25, -0.2) is 9.59 Å². The molecule has 1 aliphatic rings. The zero-order chi connectivity index (χ0) is 12.8. The maximum atomic E-state index is 11.8. The number of carboxylic acids is 1. The molecule has 2 N–H and O–H groups in total. The average Bonchev–Trinajstić information content (AvgIpc) is 2.35. The number of methoxy groups -OCH3 is 1. The van der Waals surface area contributed by atoms with Gasteiger partial charge in [-0.15, -0.1) is 0 Å². The van der Waals surface area contributed by atoms with Crippen LogP contribution >= 0.6 is 0 Å². The van der Waals surface area contributed by atoms with Gasteiger partial charge in [0, 0.05) is 20.2 Å². The summed E-state index contributed by atoms with van der Waals surface area (Å²) in [5, 5.41) is 11.4. The molecule has 0 aromatic rings. The highest BCUT2D eigenvalue weighted by molar-refractivity contribution is 5.82. The molecule has 98 valence electrons. The molecule has 0 aromatic carbocycles. The van der Waals surface area contributed by atoms with E-state index in [9.17, 15) is 9.59 Å². The fraction of sp³-hybridized carbons (Fsp3) is 0.818. The van der Waals surface area contributed by atoms with Crippen molar-refractivity contribution in [2.75, 3.05) is 20.2 Å². The standard InChI is InChI=1S/C11H20N2O4/c1-3-9(10(14)15)12-11(16)13-6-4-8(17-2)5-7-13/h8-9H,3-7H2,1-2H3,(H,12,16)(H,14,15)/t9-/m0/s1. The topological polar surface area (TPSA) is 78.9 Å². The van der Waals surface area contributed by atoms with Crippen LogP contribution in [0.2, 0.25) is 0 Å². The molecule has 0 bridgehead atoms. The summed E-state index contributed by atoms with van der Waals surface area (Å²) in [5.74, 6) is -0.993. The van der Waals surface area contributed by atoms with E-state index in [4.69, 9.17) is 9.84 Å². The molecule has 1 aliphatic heterocycles. The zero-order valence-corrected chi connectivity index (χ0v) is 10.3. The molecular formula is C11H20N2O4. The minimum absolute atomic E-state index is 0.209. The first kappa shape index (κ1) is 13.8. The molecule has 0 saturated carbocycles. The summed E-state index contributed by atoms with van der Waals surface area (Å²) < 4.78 is 5.21. The molecule has 1 fully saturated rings. The first-order valence-electron chi connectivity index (χ1n) is 5.89. The highest BCUT2D eigenvalue weighted by Crippen LogP contribution is 2.12. The van der Waals surface area contributed by atoms with E-state index in [1.807, 2.05) is 0 Å². The molecule has 6 heteroatoms. The first-order chi connectivity index (χ1) is 8.08. The van der Waals surface area contributed by atoms with Crippen LogP contribution in [0.3, 0.4) is 0 Å². The second-order valence-corrected chi connectivity index (χ2v) is 4.17. The van der Waals surface area contributed by atoms with Crippen LogP contribution in [0.25, 0.3) is 0 Å². The molecular weight excluding hydrogens is 224 g/mol. The van der Waals surface area contributed by atoms with E-state index in [1.165, 1.54) is 0 Å². The lowest BCUT2D eigenvalue weighted by Gasteiger charge is -2.31. The van der Waals surface area contributed by atoms with Crippen molar-refractivity contribution in [2.24, 2.45) is 0 Å². The molecule has 1 rings (SSSR count). The Morgan fingerprint density at radius 1 is 1.47 bits per heavy atom. The van der Waals surface area contributed by atoms with Crippen molar-refractivity contribution in [2.45, 2.75) is 38.3 Å². The van der Waals surface area contributed by atoms with Gasteiger partial charge in [0.1, 0.15) is 6.04 Å². The molecule has 1 heterocycles. The van der Waals surface area contributed by atoms with Gasteiger partial charge < -0.3 is 20.1 Å². The van der Waals surface area contributed by atoms with Crippen molar-refractivity contribution in [1.82, 2.24) is 10.2 Å². The van der Waals surface area contributed by atoms with Crippen LogP contribution in [0.1, 0.15) is 26.2 Å². The maximum Gasteiger partial charge on any atom is 0.326 e. The molecule has 0 spiro atoms. The van der Waals surface area contributed by atoms with E-state index >= 15 is 0 Å². The van der Waals surface area contributed by atoms with Crippen molar-refractivity contribution < 1.29 is 19.4 Å². The molecule has 0 aromatic heterocycles. The van der Waals surface area contributed by atoms with Crippen molar-refractivity contribution in [1.29, 1.82) is 0 Å². The van der Waals surface area contributed by atoms with Gasteiger partial charge in [0.2, 0.25) is 0 Å². The summed E-state index contributed by atoms with van der Waals surface area (Å²) in [6.07, 6.45) is 2.19. The van der Waals surface area contributed by atoms with E-state index in [-0.39, 0.29) is 12.1 Å². The lowest BCUT2D eigenvalue weighted by Crippen LogP contribution is -2.50. The number of ether oxygens (including phenoxy) is 1. The Morgan fingerprint density at radius 2 is 2.06 bits per heavy atom. The second-order valence-electron chi connectivity index (χ2n) is 4.17. The Balaban J connectivity index is 2.41. The molecule has 17 heavy (non-hydrogen) atoms. The first-order valence-corrected chi connectivity index (χ1v) is 5.89. The fourth-order valence-corrected chi connectivity index (χ4v) is 1.87. The number of amides is 2. The quantitative estimate of drug-likeness (QED) is 0.762. The molecule has 1 atom stereocenters. The van der Waals surface area contributed by atoms with Crippen LogP contribution in [0.4, 0.5) is 4.79 Å². The molecule has 0 aliphatic carbocycles. The smallest absolute Gasteiger partial charge is 0.326 e. The summed E-state index contributed by atoms with van der Waals surface area (Å²) in [5.41, 5.74) is 0. The van der Waals surface area contributed by atoms with Crippen molar-refractivity contribution in [3.05, 3.63) is 0 Å². The maximum absolute atomic E-state index is 11.8. The van der Waals surface area contributed by atoms with Gasteiger partial charge in [0.25, 0.3) is 0 Å². The number of carboxylic acid groups (broad SMARTS) is 1. The minimum Gasteiger partial charge on any atom is -0.480 e. The number of nitrogens with zero attached hydrogens (tertiary/aromatic N) is 1. The minimum atomic E-state index is -0.993. The third kappa shape index (κ3) is 3.89. The predicted molar refractivity (Wildman–Crippen MR) is 61.9 cm³/mol. The number of aliphatic carboxylic acids is 1. The molecule has 0 radical (unpaired) electrons. The summed E-state index contributed by atoms with van der Waals surface area (Å²) in [6.45, 7) is 2.96. The van der Waals surface area contributed by atoms with Crippen LogP contribution < -0.4 is 5.32 Å². The van der Waals surface area contributed by atoms with Crippen LogP contribution in [0, 0.1) is 0 Å². The average molecular weight is 244 g/mol. The highest BCUT2D eigenvalue weighted by atomic mass is 16.5. The van der Waals surface area contributed by atoms with Crippen molar-refractivity contribution in [3.8, 4) is 0 Å². The number of urea groups is 1. The monoisotopic (exact) mass is 244 g/mol. The van der Waals surface area contributed by atoms with E-state index in [0.717, 1.165) is 12.8 Å². The summed E-state index contributed by atoms with van der Waals surface area (Å²) in [4.78, 5) is 24.2. The third-order valence-corrected chi connectivity index (χ3v) is 3.07. The summed E-state index contributed by atoms with van der Waals surface area (Å²) >= 11 is 0. The number of carbonyl (C=O) groups is 2. The number of piperidine rings is 1. The normalized spacial score (nSPS) is 18.8. The predicted octanol–water partition coefficient (Wildman–Crippen LogP) is 0.670. The Hall–Kier alpha value is -1.30. The highest BCUT2D eigenvalue weighted by Gasteiger charge is 2.25. The number of nitrogens with one attached hydrogen (secondary N) is 1. The summed E-state index contributed by atoms with van der Waals surface area (Å²) in [6, 6.07) is -1.10. The zero-order valence-electron chi connectivity index (χ0n) is 10.3. The number of carbonyl (C=O) groups excluding carboxylic acids is 1. The Kier molecular flexibility index (Phi) is 5.21. The molecule has 2 amide bonds. The number of rotatable bonds is 4. The molecule has 1 saturated heterocycles.